The molecule has 0 fully saturated rings. The minimum absolute atomic E-state index is 0. The van der Waals surface area contributed by atoms with Crippen molar-refractivity contribution in [1.82, 2.24) is 4.98 Å². The molecule has 0 aliphatic carbocycles. The Morgan fingerprint density at radius 3 is 2.48 bits per heavy atom. The molecule has 0 unspecified atom stereocenters. The number of aromatic hydroxyl groups is 1. The number of hydrogen-bond donors (Lipinski definition) is 1. The molecule has 0 bridgehead atoms. The van der Waals surface area contributed by atoms with E-state index < -0.39 is 0 Å². The fourth-order valence-electron chi connectivity index (χ4n) is 2.92. The Hall–Kier alpha value is -2.33. The van der Waals surface area contributed by atoms with Crippen LogP contribution in [0.3, 0.4) is 0 Å². The number of aliphatic imine (C=N–C) groups is 1. The molecule has 2 heterocycles. The third kappa shape index (κ3) is 8.02. The third-order valence-electron chi connectivity index (χ3n) is 4.55. The molecule has 2 aromatic carbocycles. The van der Waals surface area contributed by atoms with Crippen LogP contribution in [-0.2, 0) is 20.1 Å². The topological polar surface area (TPSA) is 45.5 Å². The Morgan fingerprint density at radius 2 is 1.74 bits per heavy atom. The molecule has 0 spiro atoms. The monoisotopic (exact) mass is 608 g/mol. The van der Waals surface area contributed by atoms with E-state index in [0.717, 1.165) is 29.1 Å². The van der Waals surface area contributed by atoms with Crippen LogP contribution in [0.5, 0.6) is 5.75 Å². The Bertz CT molecular complexity index is 1030. The zero-order valence-electron chi connectivity index (χ0n) is 17.6. The second kappa shape index (κ2) is 13.9. The normalized spacial score (nSPS) is 10.5. The SMILES string of the molecule is CCCCCCN=Cc1ccccc1O.[Ir].[c-]1c(-c2ccccn2)sc2ccccc12. The molecule has 1 N–H and O–H groups in total. The van der Waals surface area contributed by atoms with Gasteiger partial charge in [-0.3, -0.25) is 4.99 Å². The molecule has 0 saturated carbocycles. The van der Waals surface area contributed by atoms with Crippen molar-refractivity contribution in [3.8, 4) is 16.3 Å². The fourth-order valence-corrected chi connectivity index (χ4v) is 3.90. The standard InChI is InChI=1S/C13H19NO.C13H8NS.Ir/c1-2-3-4-7-10-14-11-12-8-5-6-9-13(12)15;1-2-7-12-10(5-1)9-13(15-12)11-6-3-4-8-14-11;/h5-6,8-9,11,15H,2-4,7,10H2,1H3;1-8H;/q;-1;. The largest absolute Gasteiger partial charge is 0.507 e. The number of aromatic nitrogens is 1. The Labute approximate surface area is 202 Å². The first kappa shape index (κ1) is 24.9. The van der Waals surface area contributed by atoms with Gasteiger partial charge in [0, 0.05) is 50.3 Å². The summed E-state index contributed by atoms with van der Waals surface area (Å²) in [7, 11) is 0. The van der Waals surface area contributed by atoms with Crippen molar-refractivity contribution in [2.24, 2.45) is 4.99 Å². The van der Waals surface area contributed by atoms with Crippen molar-refractivity contribution in [1.29, 1.82) is 0 Å². The molecule has 0 aliphatic heterocycles. The molecule has 163 valence electrons. The van der Waals surface area contributed by atoms with Gasteiger partial charge < -0.3 is 10.1 Å². The van der Waals surface area contributed by atoms with Crippen LogP contribution >= 0.6 is 11.3 Å². The maximum atomic E-state index is 9.46. The first-order valence-electron chi connectivity index (χ1n) is 10.4. The van der Waals surface area contributed by atoms with Crippen LogP contribution in [0.4, 0.5) is 0 Å². The smallest absolute Gasteiger partial charge is 0.124 e. The molecule has 0 amide bonds. The van der Waals surface area contributed by atoms with Gasteiger partial charge in [0.25, 0.3) is 0 Å². The number of pyridine rings is 1. The van der Waals surface area contributed by atoms with Gasteiger partial charge in [0.2, 0.25) is 0 Å². The zero-order chi connectivity index (χ0) is 21.0. The molecule has 0 saturated heterocycles. The fraction of sp³-hybridized carbons (Fsp3) is 0.231. The number of nitrogens with zero attached hydrogens (tertiary/aromatic N) is 2. The molecule has 0 atom stereocenters. The van der Waals surface area contributed by atoms with E-state index in [-0.39, 0.29) is 20.1 Å². The summed E-state index contributed by atoms with van der Waals surface area (Å²) in [6, 6.07) is 24.9. The van der Waals surface area contributed by atoms with Crippen LogP contribution in [0.2, 0.25) is 0 Å². The molecule has 4 rings (SSSR count). The molecule has 3 nitrogen and oxygen atoms in total. The molecule has 0 aliphatic rings. The Kier molecular flexibility index (Phi) is 11.2. The van der Waals surface area contributed by atoms with Gasteiger partial charge in [0.15, 0.2) is 0 Å². The van der Waals surface area contributed by atoms with Gasteiger partial charge in [0.05, 0.1) is 0 Å². The number of phenolic OH excluding ortho intramolecular Hbond substituents is 1. The second-order valence-electron chi connectivity index (χ2n) is 6.92. The summed E-state index contributed by atoms with van der Waals surface area (Å²) in [5.74, 6) is 0.301. The molecule has 5 heteroatoms. The van der Waals surface area contributed by atoms with Crippen molar-refractivity contribution in [2.45, 2.75) is 32.6 Å². The summed E-state index contributed by atoms with van der Waals surface area (Å²) >= 11 is 1.73. The van der Waals surface area contributed by atoms with E-state index in [1.165, 1.54) is 29.3 Å². The van der Waals surface area contributed by atoms with Gasteiger partial charge in [-0.2, -0.15) is 0 Å². The van der Waals surface area contributed by atoms with Crippen molar-refractivity contribution < 1.29 is 25.2 Å². The van der Waals surface area contributed by atoms with Crippen molar-refractivity contribution in [3.63, 3.8) is 0 Å². The predicted molar refractivity (Wildman–Crippen MR) is 129 cm³/mol. The minimum atomic E-state index is 0. The van der Waals surface area contributed by atoms with Crippen LogP contribution in [0.25, 0.3) is 20.7 Å². The summed E-state index contributed by atoms with van der Waals surface area (Å²) in [5, 5.41) is 10.6. The van der Waals surface area contributed by atoms with E-state index in [9.17, 15) is 5.11 Å². The molecular formula is C26H27IrN2OS-. The number of thiophene rings is 1. The van der Waals surface area contributed by atoms with Crippen LogP contribution in [-0.4, -0.2) is 22.8 Å². The van der Waals surface area contributed by atoms with E-state index in [0.29, 0.717) is 5.75 Å². The van der Waals surface area contributed by atoms with Crippen molar-refractivity contribution in [2.75, 3.05) is 6.54 Å². The summed E-state index contributed by atoms with van der Waals surface area (Å²) in [6.45, 7) is 3.06. The first-order chi connectivity index (χ1) is 14.8. The summed E-state index contributed by atoms with van der Waals surface area (Å²) in [6.07, 6.45) is 8.48. The molecule has 1 radical (unpaired) electrons. The van der Waals surface area contributed by atoms with Crippen LogP contribution < -0.4 is 0 Å². The van der Waals surface area contributed by atoms with Gasteiger partial charge in [-0.05, 0) is 34.2 Å². The maximum Gasteiger partial charge on any atom is 0.124 e. The number of rotatable bonds is 7. The average Bonchev–Trinajstić information content (AvgIpc) is 3.23. The molecule has 2 aromatic heterocycles. The zero-order valence-corrected chi connectivity index (χ0v) is 20.8. The summed E-state index contributed by atoms with van der Waals surface area (Å²) in [4.78, 5) is 9.72. The third-order valence-corrected chi connectivity index (χ3v) is 5.64. The maximum absolute atomic E-state index is 9.46. The number of phenols is 1. The van der Waals surface area contributed by atoms with Gasteiger partial charge in [-0.15, -0.1) is 23.6 Å². The number of unbranched alkanes of at least 4 members (excludes halogenated alkanes) is 3. The van der Waals surface area contributed by atoms with Crippen molar-refractivity contribution in [3.05, 3.63) is 84.6 Å². The number of hydrogen-bond acceptors (Lipinski definition) is 4. The minimum Gasteiger partial charge on any atom is -0.507 e. The second-order valence-corrected chi connectivity index (χ2v) is 7.97. The van der Waals surface area contributed by atoms with E-state index in [2.05, 4.69) is 41.2 Å². The molecule has 4 aromatic rings. The number of para-hydroxylation sites is 1. The number of fused-ring (bicyclic) bond motifs is 1. The van der Waals surface area contributed by atoms with Crippen LogP contribution in [0.15, 0.2) is 77.9 Å². The summed E-state index contributed by atoms with van der Waals surface area (Å²) < 4.78 is 1.26. The van der Waals surface area contributed by atoms with E-state index in [1.807, 2.05) is 48.7 Å². The quantitative estimate of drug-likeness (QED) is 0.138. The Balaban J connectivity index is 0.000000213. The van der Waals surface area contributed by atoms with Gasteiger partial charge in [-0.25, -0.2) is 11.3 Å². The van der Waals surface area contributed by atoms with Gasteiger partial charge in [0.1, 0.15) is 5.75 Å². The predicted octanol–water partition coefficient (Wildman–Crippen LogP) is 7.15. The first-order valence-corrected chi connectivity index (χ1v) is 11.2. The average molecular weight is 608 g/mol. The van der Waals surface area contributed by atoms with Crippen molar-refractivity contribution >= 4 is 27.6 Å². The van der Waals surface area contributed by atoms with E-state index in [4.69, 9.17) is 0 Å². The van der Waals surface area contributed by atoms with E-state index in [1.54, 1.807) is 23.6 Å². The molecule has 31 heavy (non-hydrogen) atoms. The van der Waals surface area contributed by atoms with Crippen LogP contribution in [0.1, 0.15) is 38.2 Å². The Morgan fingerprint density at radius 1 is 0.968 bits per heavy atom. The summed E-state index contributed by atoms with van der Waals surface area (Å²) in [5.41, 5.74) is 1.80. The number of benzene rings is 2. The van der Waals surface area contributed by atoms with Gasteiger partial charge >= 0.3 is 0 Å². The van der Waals surface area contributed by atoms with E-state index >= 15 is 0 Å². The molecular weight excluding hydrogens is 581 g/mol. The van der Waals surface area contributed by atoms with Crippen LogP contribution in [0, 0.1) is 6.07 Å². The van der Waals surface area contributed by atoms with Gasteiger partial charge in [-0.1, -0.05) is 62.6 Å².